The predicted molar refractivity (Wildman–Crippen MR) is 156 cm³/mol. The van der Waals surface area contributed by atoms with Crippen LogP contribution in [0, 0.1) is 12.8 Å². The summed E-state index contributed by atoms with van der Waals surface area (Å²) in [5.41, 5.74) is 3.84. The number of pyridine rings is 1. The number of fused-ring (bicyclic) bond motifs is 2. The average Bonchev–Trinajstić information content (AvgIpc) is 3.40. The first-order valence-corrected chi connectivity index (χ1v) is 14.1. The molecule has 1 aliphatic rings. The molecule has 1 saturated carbocycles. The number of nitrogens with zero attached hydrogens (tertiary/aromatic N) is 4. The zero-order chi connectivity index (χ0) is 28.8. The van der Waals surface area contributed by atoms with Crippen LogP contribution in [0.5, 0.6) is 0 Å². The van der Waals surface area contributed by atoms with Crippen molar-refractivity contribution in [2.45, 2.75) is 51.6 Å². The number of benzene rings is 2. The van der Waals surface area contributed by atoms with E-state index in [1.54, 1.807) is 10.8 Å². The second kappa shape index (κ2) is 10.8. The van der Waals surface area contributed by atoms with E-state index in [0.717, 1.165) is 46.2 Å². The van der Waals surface area contributed by atoms with Crippen LogP contribution >= 0.6 is 11.6 Å². The van der Waals surface area contributed by atoms with E-state index in [4.69, 9.17) is 11.6 Å². The highest BCUT2D eigenvalue weighted by molar-refractivity contribution is 6.31. The molecule has 0 unspecified atom stereocenters. The van der Waals surface area contributed by atoms with Crippen LogP contribution in [-0.2, 0) is 13.6 Å². The van der Waals surface area contributed by atoms with Crippen molar-refractivity contribution in [3.8, 4) is 5.69 Å². The van der Waals surface area contributed by atoms with Gasteiger partial charge in [0.15, 0.2) is 0 Å². The largest absolute Gasteiger partial charge is 0.349 e. The molecule has 1 N–H and O–H groups in total. The number of hydrogen-bond acceptors (Lipinski definition) is 3. The fourth-order valence-corrected chi connectivity index (χ4v) is 6.29. The van der Waals surface area contributed by atoms with Crippen molar-refractivity contribution in [3.05, 3.63) is 93.1 Å². The number of hydrogen-bond donors (Lipinski definition) is 1. The Morgan fingerprint density at radius 3 is 2.56 bits per heavy atom. The molecule has 10 heteroatoms. The normalized spacial score (nSPS) is 17.5. The van der Waals surface area contributed by atoms with E-state index in [1.165, 1.54) is 18.2 Å². The lowest BCUT2D eigenvalue weighted by Gasteiger charge is -2.29. The van der Waals surface area contributed by atoms with Crippen LogP contribution in [0.15, 0.2) is 65.7 Å². The van der Waals surface area contributed by atoms with Gasteiger partial charge in [-0.05, 0) is 74.4 Å². The molecule has 5 aromatic rings. The van der Waals surface area contributed by atoms with Crippen LogP contribution in [0.3, 0.4) is 0 Å². The molecule has 0 atom stereocenters. The van der Waals surface area contributed by atoms with Gasteiger partial charge in [0.25, 0.3) is 12.3 Å². The summed E-state index contributed by atoms with van der Waals surface area (Å²) in [7, 11) is 1.96. The van der Waals surface area contributed by atoms with Gasteiger partial charge in [0.2, 0.25) is 0 Å². The number of aryl methyl sites for hydroxylation is 2. The number of carbonyl (C=O) groups is 1. The molecule has 0 spiro atoms. The molecular weight excluding hydrogens is 548 g/mol. The standard InChI is InChI=1S/C31H30ClF2N5O2/c1-18-16-37(2)29-24(18)14-22(15-35-29)39-27-6-4-3-5-26(27)38(31(39)41)17-19-7-10-21(11-8-19)36-30(40)25-13-20(32)9-12-23(25)28(33)34/h3-6,9,12-16,19,21,28H,7-8,10-11,17H2,1-2H3,(H,36,40). The average molecular weight is 578 g/mol. The predicted octanol–water partition coefficient (Wildman–Crippen LogP) is 6.57. The number of para-hydroxylation sites is 2. The Hall–Kier alpha value is -3.98. The number of alkyl halides is 2. The van der Waals surface area contributed by atoms with Crippen LogP contribution in [0.25, 0.3) is 27.8 Å². The topological polar surface area (TPSA) is 73.8 Å². The number of halogens is 3. The molecule has 41 heavy (non-hydrogen) atoms. The Kier molecular flexibility index (Phi) is 7.15. The van der Waals surface area contributed by atoms with Crippen LogP contribution < -0.4 is 11.0 Å². The Labute approximate surface area is 240 Å². The Bertz CT molecular complexity index is 1830. The molecule has 1 fully saturated rings. The van der Waals surface area contributed by atoms with Crippen LogP contribution in [-0.4, -0.2) is 30.6 Å². The van der Waals surface area contributed by atoms with E-state index in [-0.39, 0.29) is 33.8 Å². The van der Waals surface area contributed by atoms with Crippen molar-refractivity contribution < 1.29 is 13.6 Å². The summed E-state index contributed by atoms with van der Waals surface area (Å²) in [6, 6.07) is 13.5. The first-order valence-electron chi connectivity index (χ1n) is 13.7. The van der Waals surface area contributed by atoms with Crippen molar-refractivity contribution in [3.63, 3.8) is 0 Å². The Balaban J connectivity index is 1.20. The Morgan fingerprint density at radius 1 is 1.10 bits per heavy atom. The van der Waals surface area contributed by atoms with Gasteiger partial charge in [0, 0.05) is 47.4 Å². The van der Waals surface area contributed by atoms with Gasteiger partial charge >= 0.3 is 5.69 Å². The first kappa shape index (κ1) is 27.2. The van der Waals surface area contributed by atoms with Crippen LogP contribution in [0.4, 0.5) is 8.78 Å². The van der Waals surface area contributed by atoms with Gasteiger partial charge in [-0.25, -0.2) is 18.6 Å². The maximum Gasteiger partial charge on any atom is 0.333 e. The van der Waals surface area contributed by atoms with Crippen molar-refractivity contribution in [2.75, 3.05) is 0 Å². The summed E-state index contributed by atoms with van der Waals surface area (Å²) < 4.78 is 32.4. The second-order valence-electron chi connectivity index (χ2n) is 10.9. The molecule has 1 amide bonds. The number of amides is 1. The van der Waals surface area contributed by atoms with Gasteiger partial charge in [-0.3, -0.25) is 13.9 Å². The third-order valence-electron chi connectivity index (χ3n) is 8.21. The SMILES string of the molecule is Cc1cn(C)c2ncc(-n3c(=O)n(CC4CCC(NC(=O)c5cc(Cl)ccc5C(F)F)CC4)c4ccccc43)cc12. The fraction of sp³-hybridized carbons (Fsp3) is 0.323. The lowest BCUT2D eigenvalue weighted by Crippen LogP contribution is -2.39. The van der Waals surface area contributed by atoms with E-state index in [9.17, 15) is 18.4 Å². The van der Waals surface area contributed by atoms with E-state index < -0.39 is 12.3 Å². The Morgan fingerprint density at radius 2 is 1.83 bits per heavy atom. The summed E-state index contributed by atoms with van der Waals surface area (Å²) in [4.78, 5) is 31.3. The minimum absolute atomic E-state index is 0.0904. The van der Waals surface area contributed by atoms with Crippen LogP contribution in [0.2, 0.25) is 5.02 Å². The van der Waals surface area contributed by atoms with E-state index >= 15 is 0 Å². The van der Waals surface area contributed by atoms with E-state index in [1.807, 2.05) is 59.6 Å². The summed E-state index contributed by atoms with van der Waals surface area (Å²) >= 11 is 5.97. The van der Waals surface area contributed by atoms with Gasteiger partial charge in [-0.15, -0.1) is 0 Å². The smallest absolute Gasteiger partial charge is 0.333 e. The summed E-state index contributed by atoms with van der Waals surface area (Å²) in [6.45, 7) is 2.59. The van der Waals surface area contributed by atoms with Gasteiger partial charge in [0.1, 0.15) is 5.65 Å². The van der Waals surface area contributed by atoms with Gasteiger partial charge in [-0.1, -0.05) is 29.8 Å². The third-order valence-corrected chi connectivity index (χ3v) is 8.45. The summed E-state index contributed by atoms with van der Waals surface area (Å²) in [5.74, 6) is -0.301. The van der Waals surface area contributed by atoms with Crippen molar-refractivity contribution in [1.82, 2.24) is 24.0 Å². The molecule has 6 rings (SSSR count). The van der Waals surface area contributed by atoms with E-state index in [0.29, 0.717) is 19.4 Å². The van der Waals surface area contributed by atoms with Crippen LogP contribution in [0.1, 0.15) is 53.6 Å². The molecule has 0 radical (unpaired) electrons. The summed E-state index contributed by atoms with van der Waals surface area (Å²) in [6.07, 6.45) is 3.99. The highest BCUT2D eigenvalue weighted by atomic mass is 35.5. The van der Waals surface area contributed by atoms with E-state index in [2.05, 4.69) is 10.3 Å². The minimum Gasteiger partial charge on any atom is -0.349 e. The molecule has 3 heterocycles. The van der Waals surface area contributed by atoms with Gasteiger partial charge in [-0.2, -0.15) is 0 Å². The fourth-order valence-electron chi connectivity index (χ4n) is 6.12. The maximum absolute atomic E-state index is 13.8. The molecule has 0 bridgehead atoms. The number of carbonyl (C=O) groups excluding carboxylic acids is 1. The molecule has 0 saturated heterocycles. The monoisotopic (exact) mass is 577 g/mol. The highest BCUT2D eigenvalue weighted by Gasteiger charge is 2.27. The second-order valence-corrected chi connectivity index (χ2v) is 11.4. The summed E-state index contributed by atoms with van der Waals surface area (Å²) in [5, 5.41) is 4.16. The number of rotatable bonds is 6. The number of nitrogens with one attached hydrogen (secondary N) is 1. The van der Waals surface area contributed by atoms with Crippen molar-refractivity contribution >= 4 is 39.6 Å². The maximum atomic E-state index is 13.8. The van der Waals surface area contributed by atoms with Crippen molar-refractivity contribution in [1.29, 1.82) is 0 Å². The third kappa shape index (κ3) is 5.03. The molecular formula is C31H30ClF2N5O2. The molecule has 7 nitrogen and oxygen atoms in total. The zero-order valence-corrected chi connectivity index (χ0v) is 23.5. The molecule has 3 aromatic heterocycles. The molecule has 212 valence electrons. The molecule has 0 aliphatic heterocycles. The zero-order valence-electron chi connectivity index (χ0n) is 22.8. The minimum atomic E-state index is -2.77. The number of imidazole rings is 1. The lowest BCUT2D eigenvalue weighted by atomic mass is 9.85. The first-order chi connectivity index (χ1) is 19.7. The van der Waals surface area contributed by atoms with Gasteiger partial charge < -0.3 is 9.88 Å². The highest BCUT2D eigenvalue weighted by Crippen LogP contribution is 2.30. The molecule has 1 aliphatic carbocycles. The quantitative estimate of drug-likeness (QED) is 0.248. The lowest BCUT2D eigenvalue weighted by molar-refractivity contribution is 0.0907. The van der Waals surface area contributed by atoms with Crippen molar-refractivity contribution in [2.24, 2.45) is 13.0 Å². The number of aromatic nitrogens is 4. The van der Waals surface area contributed by atoms with Gasteiger partial charge in [0.05, 0.1) is 22.9 Å². The molecule has 2 aromatic carbocycles.